The predicted molar refractivity (Wildman–Crippen MR) is 66.0 cm³/mol. The van der Waals surface area contributed by atoms with Crippen molar-refractivity contribution in [1.29, 1.82) is 0 Å². The lowest BCUT2D eigenvalue weighted by Crippen LogP contribution is -2.30. The van der Waals surface area contributed by atoms with Crippen LogP contribution in [0, 0.1) is 0 Å². The predicted octanol–water partition coefficient (Wildman–Crippen LogP) is 0.564. The molecule has 0 amide bonds. The molecule has 7 heteroatoms. The second-order valence-electron chi connectivity index (χ2n) is 3.57. The zero-order chi connectivity index (χ0) is 12.4. The minimum Gasteiger partial charge on any atom is -0.295 e. The molecule has 0 aromatic carbocycles. The summed E-state index contributed by atoms with van der Waals surface area (Å²) >= 11 is 3.09. The molecule has 6 nitrogen and oxygen atoms in total. The third-order valence-corrected chi connectivity index (χ3v) is 2.90. The zero-order valence-electron chi connectivity index (χ0n) is 9.18. The Morgan fingerprint density at radius 3 is 2.82 bits per heavy atom. The van der Waals surface area contributed by atoms with E-state index in [-0.39, 0.29) is 0 Å². The second kappa shape index (κ2) is 4.70. The van der Waals surface area contributed by atoms with Gasteiger partial charge < -0.3 is 0 Å². The van der Waals surface area contributed by atoms with Crippen molar-refractivity contribution in [2.45, 2.75) is 20.0 Å². The summed E-state index contributed by atoms with van der Waals surface area (Å²) in [7, 11) is 0. The number of rotatable bonds is 3. The number of nitrogens with zero attached hydrogens (tertiary/aromatic N) is 3. The van der Waals surface area contributed by atoms with E-state index in [0.717, 1.165) is 12.1 Å². The smallest absolute Gasteiger partial charge is 0.295 e. The first-order valence-electron chi connectivity index (χ1n) is 5.10. The summed E-state index contributed by atoms with van der Waals surface area (Å²) in [4.78, 5) is 24.9. The fourth-order valence-corrected chi connectivity index (χ4v) is 1.80. The first-order chi connectivity index (χ1) is 8.10. The minimum absolute atomic E-state index is 0.333. The van der Waals surface area contributed by atoms with E-state index < -0.39 is 11.2 Å². The Hall–Kier alpha value is -1.63. The molecule has 0 aliphatic heterocycles. The van der Waals surface area contributed by atoms with Crippen LogP contribution in [0.3, 0.4) is 0 Å². The molecular formula is C10H11BrN4O2. The molecule has 0 fully saturated rings. The molecule has 2 aromatic heterocycles. The van der Waals surface area contributed by atoms with Gasteiger partial charge in [-0.15, -0.1) is 0 Å². The number of halogens is 1. The number of aryl methyl sites for hydroxylation is 1. The van der Waals surface area contributed by atoms with Gasteiger partial charge in [0.15, 0.2) is 0 Å². The summed E-state index contributed by atoms with van der Waals surface area (Å²) < 4.78 is 3.53. The summed E-state index contributed by atoms with van der Waals surface area (Å²) in [5.74, 6) is 0. The number of hydrogen-bond acceptors (Lipinski definition) is 3. The molecule has 2 aromatic rings. The number of aromatic amines is 1. The second-order valence-corrected chi connectivity index (χ2v) is 4.42. The zero-order valence-corrected chi connectivity index (χ0v) is 10.8. The van der Waals surface area contributed by atoms with Gasteiger partial charge in [-0.05, 0) is 22.9 Å². The number of nitrogens with one attached hydrogen (secondary N) is 1. The van der Waals surface area contributed by atoms with Gasteiger partial charge in [0.05, 0.1) is 17.2 Å². The third kappa shape index (κ3) is 2.55. The van der Waals surface area contributed by atoms with Crippen LogP contribution >= 0.6 is 15.9 Å². The molecule has 0 radical (unpaired) electrons. The van der Waals surface area contributed by atoms with E-state index in [1.54, 1.807) is 10.9 Å². The molecule has 0 aliphatic rings. The van der Waals surface area contributed by atoms with Crippen molar-refractivity contribution >= 4 is 15.9 Å². The molecule has 90 valence electrons. The lowest BCUT2D eigenvalue weighted by Gasteiger charge is -2.02. The molecule has 1 N–H and O–H groups in total. The largest absolute Gasteiger partial charge is 0.328 e. The fourth-order valence-electron chi connectivity index (χ4n) is 1.46. The first-order valence-corrected chi connectivity index (χ1v) is 5.90. The Morgan fingerprint density at radius 2 is 2.18 bits per heavy atom. The van der Waals surface area contributed by atoms with Crippen LogP contribution in [-0.4, -0.2) is 19.3 Å². The Morgan fingerprint density at radius 1 is 1.41 bits per heavy atom. The molecule has 0 bridgehead atoms. The maximum atomic E-state index is 11.5. The Balaban J connectivity index is 2.33. The van der Waals surface area contributed by atoms with Gasteiger partial charge in [-0.1, -0.05) is 0 Å². The first kappa shape index (κ1) is 11.8. The quantitative estimate of drug-likeness (QED) is 0.900. The maximum absolute atomic E-state index is 11.5. The molecule has 0 saturated heterocycles. The Kier molecular flexibility index (Phi) is 3.28. The lowest BCUT2D eigenvalue weighted by molar-refractivity contribution is 0.657. The van der Waals surface area contributed by atoms with Crippen LogP contribution in [0.15, 0.2) is 32.7 Å². The van der Waals surface area contributed by atoms with Crippen LogP contribution in [0.5, 0.6) is 0 Å². The Bertz CT molecular complexity index is 640. The van der Waals surface area contributed by atoms with E-state index in [0.29, 0.717) is 11.0 Å². The van der Waals surface area contributed by atoms with Gasteiger partial charge in [-0.3, -0.25) is 19.0 Å². The highest BCUT2D eigenvalue weighted by molar-refractivity contribution is 9.10. The monoisotopic (exact) mass is 298 g/mol. The van der Waals surface area contributed by atoms with E-state index >= 15 is 0 Å². The van der Waals surface area contributed by atoms with Crippen molar-refractivity contribution in [3.8, 4) is 0 Å². The number of H-pyrrole nitrogens is 1. The summed E-state index contributed by atoms with van der Waals surface area (Å²) in [5.41, 5.74) is 0.0610. The number of hydrogen-bond donors (Lipinski definition) is 1. The van der Waals surface area contributed by atoms with Crippen LogP contribution in [0.2, 0.25) is 0 Å². The van der Waals surface area contributed by atoms with Crippen LogP contribution < -0.4 is 11.2 Å². The van der Waals surface area contributed by atoms with Crippen LogP contribution in [0.25, 0.3) is 0 Å². The average Bonchev–Trinajstić information content (AvgIpc) is 2.73. The highest BCUT2D eigenvalue weighted by Gasteiger charge is 2.04. The standard InChI is InChI=1S/C10H11BrN4O2/c1-2-15-5-7(3-12-15)4-14-6-8(11)9(16)13-10(14)17/h3,5-6H,2,4H2,1H3,(H,13,16,17). The molecule has 0 aliphatic carbocycles. The van der Waals surface area contributed by atoms with Crippen LogP contribution in [-0.2, 0) is 13.1 Å². The maximum Gasteiger partial charge on any atom is 0.328 e. The number of aromatic nitrogens is 4. The molecule has 0 saturated carbocycles. The van der Waals surface area contributed by atoms with E-state index in [4.69, 9.17) is 0 Å². The van der Waals surface area contributed by atoms with Crippen molar-refractivity contribution < 1.29 is 0 Å². The third-order valence-electron chi connectivity index (χ3n) is 2.33. The van der Waals surface area contributed by atoms with Crippen molar-refractivity contribution in [1.82, 2.24) is 19.3 Å². The summed E-state index contributed by atoms with van der Waals surface area (Å²) in [6, 6.07) is 0. The molecule has 2 heterocycles. The van der Waals surface area contributed by atoms with Gasteiger partial charge in [-0.25, -0.2) is 4.79 Å². The molecule has 0 spiro atoms. The van der Waals surface area contributed by atoms with Gasteiger partial charge >= 0.3 is 5.69 Å². The van der Waals surface area contributed by atoms with Crippen molar-refractivity contribution in [3.63, 3.8) is 0 Å². The molecule has 0 atom stereocenters. The van der Waals surface area contributed by atoms with Gasteiger partial charge in [-0.2, -0.15) is 5.10 Å². The van der Waals surface area contributed by atoms with Gasteiger partial charge in [0.25, 0.3) is 5.56 Å². The highest BCUT2D eigenvalue weighted by Crippen LogP contribution is 2.02. The minimum atomic E-state index is -0.428. The molecule has 0 unspecified atom stereocenters. The van der Waals surface area contributed by atoms with Gasteiger partial charge in [0, 0.05) is 24.5 Å². The van der Waals surface area contributed by atoms with Gasteiger partial charge in [0.1, 0.15) is 0 Å². The van der Waals surface area contributed by atoms with Crippen molar-refractivity contribution in [2.24, 2.45) is 0 Å². The lowest BCUT2D eigenvalue weighted by atomic mass is 10.3. The molecule has 17 heavy (non-hydrogen) atoms. The van der Waals surface area contributed by atoms with Gasteiger partial charge in [0.2, 0.25) is 0 Å². The average molecular weight is 299 g/mol. The fraction of sp³-hybridized carbons (Fsp3) is 0.300. The molecule has 2 rings (SSSR count). The highest BCUT2D eigenvalue weighted by atomic mass is 79.9. The normalized spacial score (nSPS) is 10.7. The topological polar surface area (TPSA) is 72.7 Å². The van der Waals surface area contributed by atoms with E-state index in [2.05, 4.69) is 26.0 Å². The summed E-state index contributed by atoms with van der Waals surface area (Å²) in [6.07, 6.45) is 5.05. The molecular weight excluding hydrogens is 288 g/mol. The van der Waals surface area contributed by atoms with E-state index in [1.165, 1.54) is 10.8 Å². The Labute approximate surface area is 105 Å². The summed E-state index contributed by atoms with van der Waals surface area (Å²) in [6.45, 7) is 3.15. The van der Waals surface area contributed by atoms with Crippen molar-refractivity contribution in [2.75, 3.05) is 0 Å². The van der Waals surface area contributed by atoms with Crippen molar-refractivity contribution in [3.05, 3.63) is 49.5 Å². The van der Waals surface area contributed by atoms with E-state index in [9.17, 15) is 9.59 Å². The van der Waals surface area contributed by atoms with Crippen LogP contribution in [0.4, 0.5) is 0 Å². The SMILES string of the molecule is CCn1cc(Cn2cc(Br)c(=O)[nH]c2=O)cn1. The summed E-state index contributed by atoms with van der Waals surface area (Å²) in [5, 5.41) is 4.12. The van der Waals surface area contributed by atoms with E-state index in [1.807, 2.05) is 13.1 Å². The van der Waals surface area contributed by atoms with Crippen LogP contribution in [0.1, 0.15) is 12.5 Å².